The molecule has 8 nitrogen and oxygen atoms in total. The van der Waals surface area contributed by atoms with Gasteiger partial charge in [0, 0.05) is 73.3 Å². The molecule has 1 unspecified atom stereocenters. The molecule has 2 aliphatic heterocycles. The molecule has 1 saturated heterocycles. The molecule has 0 saturated carbocycles. The van der Waals surface area contributed by atoms with Crippen molar-refractivity contribution in [3.8, 4) is 0 Å². The van der Waals surface area contributed by atoms with E-state index in [4.69, 9.17) is 0 Å². The van der Waals surface area contributed by atoms with Gasteiger partial charge in [0.15, 0.2) is 0 Å². The summed E-state index contributed by atoms with van der Waals surface area (Å²) in [4.78, 5) is 39.5. The smallest absolute Gasteiger partial charge is 0.246 e. The Morgan fingerprint density at radius 2 is 1.67 bits per heavy atom. The maximum Gasteiger partial charge on any atom is 0.246 e. The van der Waals surface area contributed by atoms with E-state index in [0.717, 1.165) is 54.6 Å². The predicted molar refractivity (Wildman–Crippen MR) is 174 cm³/mol. The number of hydrogen-bond acceptors (Lipinski definition) is 5. The lowest BCUT2D eigenvalue weighted by molar-refractivity contribution is -0.126. The summed E-state index contributed by atoms with van der Waals surface area (Å²) in [7, 11) is 4.18. The van der Waals surface area contributed by atoms with Crippen LogP contribution in [-0.2, 0) is 16.0 Å². The SMILES string of the molecule is Cc1ccccc1N1CCN([C@@H](C(=O)N2C[C@H](CN(C)C)Cc3ccccc32)C(NC=O)c2c[nH]c3ccccc23)CC1. The van der Waals surface area contributed by atoms with Gasteiger partial charge >= 0.3 is 0 Å². The van der Waals surface area contributed by atoms with Gasteiger partial charge in [0.25, 0.3) is 0 Å². The summed E-state index contributed by atoms with van der Waals surface area (Å²) in [5.41, 5.74) is 6.58. The molecule has 8 heteroatoms. The molecule has 0 bridgehead atoms. The molecule has 0 radical (unpaired) electrons. The van der Waals surface area contributed by atoms with Gasteiger partial charge in [-0.1, -0.05) is 54.6 Å². The minimum absolute atomic E-state index is 0.0323. The number of aromatic amines is 1. The predicted octanol–water partition coefficient (Wildman–Crippen LogP) is 4.22. The van der Waals surface area contributed by atoms with Crippen molar-refractivity contribution in [2.24, 2.45) is 5.92 Å². The molecule has 224 valence electrons. The average molecular weight is 579 g/mol. The van der Waals surface area contributed by atoms with E-state index in [1.54, 1.807) is 0 Å². The minimum atomic E-state index is -0.574. The number of H-pyrrole nitrogens is 1. The summed E-state index contributed by atoms with van der Waals surface area (Å²) in [5, 5.41) is 4.12. The lowest BCUT2D eigenvalue weighted by atomic mass is 9.89. The molecule has 2 N–H and O–H groups in total. The van der Waals surface area contributed by atoms with E-state index in [9.17, 15) is 4.79 Å². The van der Waals surface area contributed by atoms with Gasteiger partial charge in [-0.3, -0.25) is 14.5 Å². The van der Waals surface area contributed by atoms with Crippen LogP contribution in [0.15, 0.2) is 79.0 Å². The van der Waals surface area contributed by atoms with Gasteiger partial charge in [-0.25, -0.2) is 0 Å². The fourth-order valence-corrected chi connectivity index (χ4v) is 7.13. The standard InChI is InChI=1S/C35H42N6O2/c1-25-10-4-8-14-31(25)39-16-18-40(19-17-39)34(33(37-24-42)29-21-36-30-13-7-6-12-28(29)30)35(43)41-23-26(22-38(2)3)20-27-11-5-9-15-32(27)41/h4-15,21,24,26,33-34,36H,16-20,22-23H2,1-3H3,(H,37,42)/t26-,33?,34+/m0/s1. The number of amides is 2. The van der Waals surface area contributed by atoms with Crippen molar-refractivity contribution in [1.29, 1.82) is 0 Å². The highest BCUT2D eigenvalue weighted by atomic mass is 16.2. The number of carbonyl (C=O) groups is 2. The van der Waals surface area contributed by atoms with Crippen LogP contribution in [-0.4, -0.2) is 86.5 Å². The fraction of sp³-hybridized carbons (Fsp3) is 0.371. The number of aromatic nitrogens is 1. The number of para-hydroxylation sites is 3. The van der Waals surface area contributed by atoms with Gasteiger partial charge in [0.1, 0.15) is 6.04 Å². The van der Waals surface area contributed by atoms with E-state index in [-0.39, 0.29) is 5.91 Å². The van der Waals surface area contributed by atoms with Crippen LogP contribution in [0.25, 0.3) is 10.9 Å². The van der Waals surface area contributed by atoms with E-state index in [1.165, 1.54) is 16.8 Å². The molecule has 3 heterocycles. The highest BCUT2D eigenvalue weighted by molar-refractivity contribution is 5.99. The molecule has 43 heavy (non-hydrogen) atoms. The number of nitrogens with zero attached hydrogens (tertiary/aromatic N) is 4. The third-order valence-electron chi connectivity index (χ3n) is 9.06. The summed E-state index contributed by atoms with van der Waals surface area (Å²) < 4.78 is 0. The first-order chi connectivity index (χ1) is 20.9. The van der Waals surface area contributed by atoms with Crippen LogP contribution in [0.4, 0.5) is 11.4 Å². The fourth-order valence-electron chi connectivity index (χ4n) is 7.13. The second-order valence-corrected chi connectivity index (χ2v) is 12.2. The third-order valence-corrected chi connectivity index (χ3v) is 9.06. The van der Waals surface area contributed by atoms with Crippen molar-refractivity contribution in [3.63, 3.8) is 0 Å². The van der Waals surface area contributed by atoms with Crippen LogP contribution >= 0.6 is 0 Å². The normalized spacial score (nSPS) is 18.8. The van der Waals surface area contributed by atoms with Crippen molar-refractivity contribution in [2.45, 2.75) is 25.4 Å². The Bertz CT molecular complexity index is 1570. The van der Waals surface area contributed by atoms with Crippen molar-refractivity contribution in [3.05, 3.63) is 95.7 Å². The van der Waals surface area contributed by atoms with Crippen molar-refractivity contribution in [2.75, 3.05) is 63.2 Å². The van der Waals surface area contributed by atoms with E-state index in [2.05, 4.69) is 94.6 Å². The molecule has 1 aromatic heterocycles. The number of piperazine rings is 1. The Labute approximate surface area is 254 Å². The molecule has 1 fully saturated rings. The third kappa shape index (κ3) is 5.90. The summed E-state index contributed by atoms with van der Waals surface area (Å²) in [6, 6.07) is 23.8. The van der Waals surface area contributed by atoms with Crippen LogP contribution in [0, 0.1) is 12.8 Å². The van der Waals surface area contributed by atoms with Gasteiger partial charge in [-0.05, 0) is 62.7 Å². The van der Waals surface area contributed by atoms with E-state index in [0.29, 0.717) is 25.6 Å². The van der Waals surface area contributed by atoms with Gasteiger partial charge in [-0.15, -0.1) is 0 Å². The topological polar surface area (TPSA) is 74.9 Å². The Hall–Kier alpha value is -4.14. The molecular weight excluding hydrogens is 536 g/mol. The lowest BCUT2D eigenvalue weighted by Crippen LogP contribution is -2.60. The first kappa shape index (κ1) is 29.0. The zero-order chi connectivity index (χ0) is 29.9. The number of nitrogens with one attached hydrogen (secondary N) is 2. The maximum absolute atomic E-state index is 15.0. The van der Waals surface area contributed by atoms with Crippen LogP contribution < -0.4 is 15.1 Å². The van der Waals surface area contributed by atoms with Crippen molar-refractivity contribution in [1.82, 2.24) is 20.1 Å². The Morgan fingerprint density at radius 1 is 0.977 bits per heavy atom. The van der Waals surface area contributed by atoms with Gasteiger partial charge in [-0.2, -0.15) is 0 Å². The number of carbonyl (C=O) groups excluding carboxylic acids is 2. The van der Waals surface area contributed by atoms with Crippen LogP contribution in [0.3, 0.4) is 0 Å². The van der Waals surface area contributed by atoms with E-state index >= 15 is 4.79 Å². The maximum atomic E-state index is 15.0. The molecule has 4 aromatic rings. The lowest BCUT2D eigenvalue weighted by Gasteiger charge is -2.45. The van der Waals surface area contributed by atoms with Crippen LogP contribution in [0.5, 0.6) is 0 Å². The Kier molecular flexibility index (Phi) is 8.49. The molecule has 0 spiro atoms. The molecule has 0 aliphatic carbocycles. The number of benzene rings is 3. The largest absolute Gasteiger partial charge is 0.369 e. The number of rotatable bonds is 9. The van der Waals surface area contributed by atoms with E-state index < -0.39 is 12.1 Å². The number of aryl methyl sites for hydroxylation is 1. The zero-order valence-corrected chi connectivity index (χ0v) is 25.4. The zero-order valence-electron chi connectivity index (χ0n) is 25.4. The summed E-state index contributed by atoms with van der Waals surface area (Å²) in [5.74, 6) is 0.350. The quantitative estimate of drug-likeness (QED) is 0.291. The summed E-state index contributed by atoms with van der Waals surface area (Å²) in [6.45, 7) is 6.71. The van der Waals surface area contributed by atoms with E-state index in [1.807, 2.05) is 35.4 Å². The Balaban J connectivity index is 1.38. The molecule has 3 atom stereocenters. The van der Waals surface area contributed by atoms with Crippen LogP contribution in [0.1, 0.15) is 22.7 Å². The second-order valence-electron chi connectivity index (χ2n) is 12.2. The number of fused-ring (bicyclic) bond motifs is 2. The first-order valence-corrected chi connectivity index (χ1v) is 15.3. The molecular formula is C35H42N6O2. The monoisotopic (exact) mass is 578 g/mol. The number of anilines is 2. The van der Waals surface area contributed by atoms with Gasteiger partial charge < -0.3 is 25.0 Å². The van der Waals surface area contributed by atoms with Gasteiger partial charge in [0.05, 0.1) is 6.04 Å². The Morgan fingerprint density at radius 3 is 2.42 bits per heavy atom. The highest BCUT2D eigenvalue weighted by Crippen LogP contribution is 2.35. The van der Waals surface area contributed by atoms with Crippen LogP contribution in [0.2, 0.25) is 0 Å². The molecule has 6 rings (SSSR count). The molecule has 2 aliphatic rings. The van der Waals surface area contributed by atoms with Gasteiger partial charge in [0.2, 0.25) is 12.3 Å². The molecule has 2 amide bonds. The average Bonchev–Trinajstić information content (AvgIpc) is 3.45. The highest BCUT2D eigenvalue weighted by Gasteiger charge is 2.42. The summed E-state index contributed by atoms with van der Waals surface area (Å²) >= 11 is 0. The van der Waals surface area contributed by atoms with Crippen molar-refractivity contribution < 1.29 is 9.59 Å². The minimum Gasteiger partial charge on any atom is -0.369 e. The molecule has 3 aromatic carbocycles. The summed E-state index contributed by atoms with van der Waals surface area (Å²) in [6.07, 6.45) is 3.64. The van der Waals surface area contributed by atoms with Crippen molar-refractivity contribution >= 4 is 34.6 Å². The number of hydrogen-bond donors (Lipinski definition) is 2. The second kappa shape index (κ2) is 12.6. The first-order valence-electron chi connectivity index (χ1n) is 15.3.